The minimum Gasteiger partial charge on any atom is -0.489 e. The average molecular weight is 329 g/mol. The van der Waals surface area contributed by atoms with Crippen LogP contribution in [0.1, 0.15) is 6.42 Å². The van der Waals surface area contributed by atoms with Crippen molar-refractivity contribution in [1.29, 1.82) is 0 Å². The Hall–Kier alpha value is -2.18. The van der Waals surface area contributed by atoms with E-state index in [-0.39, 0.29) is 11.8 Å². The van der Waals surface area contributed by atoms with Crippen molar-refractivity contribution < 1.29 is 14.6 Å². The van der Waals surface area contributed by atoms with Gasteiger partial charge in [-0.3, -0.25) is 9.78 Å². The Balaban J connectivity index is 1.50. The summed E-state index contributed by atoms with van der Waals surface area (Å²) in [6.45, 7) is 2.16. The van der Waals surface area contributed by atoms with Gasteiger partial charge in [0.2, 0.25) is 5.91 Å². The molecule has 3 rings (SSSR count). The predicted octanol–water partition coefficient (Wildman–Crippen LogP) is 1.04. The maximum absolute atomic E-state index is 12.2. The van der Waals surface area contributed by atoms with Gasteiger partial charge in [-0.1, -0.05) is 18.2 Å². The van der Waals surface area contributed by atoms with Crippen LogP contribution < -0.4 is 10.1 Å². The molecular formula is C18H23N3O3. The highest BCUT2D eigenvalue weighted by Crippen LogP contribution is 2.22. The van der Waals surface area contributed by atoms with Crippen LogP contribution in [0.4, 0.5) is 0 Å². The summed E-state index contributed by atoms with van der Waals surface area (Å²) in [5.41, 5.74) is 0.815. The topological polar surface area (TPSA) is 74.7 Å². The molecule has 1 aliphatic heterocycles. The van der Waals surface area contributed by atoms with Crippen LogP contribution in [0.25, 0.3) is 10.9 Å². The van der Waals surface area contributed by atoms with E-state index in [0.717, 1.165) is 17.4 Å². The molecule has 1 aromatic carbocycles. The molecule has 1 aliphatic rings. The number of carbonyl (C=O) groups is 1. The van der Waals surface area contributed by atoms with Gasteiger partial charge in [0.05, 0.1) is 18.6 Å². The summed E-state index contributed by atoms with van der Waals surface area (Å²) in [6, 6.07) is 9.65. The summed E-state index contributed by atoms with van der Waals surface area (Å²) < 4.78 is 5.75. The van der Waals surface area contributed by atoms with Crippen LogP contribution in [0, 0.1) is 5.92 Å². The summed E-state index contributed by atoms with van der Waals surface area (Å²) in [7, 11) is 1.96. The number of hydrogen-bond donors (Lipinski definition) is 2. The number of carbonyl (C=O) groups excluding carboxylic acids is 1. The van der Waals surface area contributed by atoms with Gasteiger partial charge in [-0.2, -0.15) is 0 Å². The number of fused-ring (bicyclic) bond motifs is 1. The molecule has 0 aliphatic carbocycles. The van der Waals surface area contributed by atoms with E-state index in [0.29, 0.717) is 31.9 Å². The Morgan fingerprint density at radius 3 is 3.12 bits per heavy atom. The van der Waals surface area contributed by atoms with Crippen molar-refractivity contribution in [1.82, 2.24) is 15.2 Å². The molecule has 128 valence electrons. The Morgan fingerprint density at radius 2 is 2.25 bits per heavy atom. The number of rotatable bonds is 5. The van der Waals surface area contributed by atoms with E-state index in [1.54, 1.807) is 6.20 Å². The van der Waals surface area contributed by atoms with E-state index in [1.807, 2.05) is 37.4 Å². The summed E-state index contributed by atoms with van der Waals surface area (Å²) in [5.74, 6) is 0.219. The number of aliphatic hydroxyl groups excluding tert-OH is 1. The van der Waals surface area contributed by atoms with Crippen LogP contribution in [0.3, 0.4) is 0 Å². The molecule has 0 bridgehead atoms. The molecule has 1 amide bonds. The van der Waals surface area contributed by atoms with Crippen molar-refractivity contribution >= 4 is 16.8 Å². The zero-order valence-corrected chi connectivity index (χ0v) is 13.8. The fourth-order valence-corrected chi connectivity index (χ4v) is 3.02. The first-order valence-electron chi connectivity index (χ1n) is 8.26. The Labute approximate surface area is 141 Å². The Kier molecular flexibility index (Phi) is 5.27. The van der Waals surface area contributed by atoms with E-state index in [2.05, 4.69) is 15.2 Å². The minimum atomic E-state index is -0.565. The van der Waals surface area contributed by atoms with Crippen molar-refractivity contribution in [2.45, 2.75) is 12.5 Å². The van der Waals surface area contributed by atoms with Gasteiger partial charge >= 0.3 is 0 Å². The number of likely N-dealkylation sites (tertiary alicyclic amines) is 1. The lowest BCUT2D eigenvalue weighted by Crippen LogP contribution is -2.49. The van der Waals surface area contributed by atoms with Crippen LogP contribution in [-0.2, 0) is 4.79 Å². The third-order valence-corrected chi connectivity index (χ3v) is 4.37. The first-order chi connectivity index (χ1) is 11.6. The number of nitrogens with zero attached hydrogens (tertiary/aromatic N) is 2. The number of amides is 1. The first kappa shape index (κ1) is 16.7. The maximum atomic E-state index is 12.2. The molecule has 0 radical (unpaired) electrons. The van der Waals surface area contributed by atoms with Crippen LogP contribution in [-0.4, -0.2) is 60.3 Å². The number of aliphatic hydroxyl groups is 1. The van der Waals surface area contributed by atoms with Crippen LogP contribution >= 0.6 is 0 Å². The van der Waals surface area contributed by atoms with Gasteiger partial charge in [-0.25, -0.2) is 0 Å². The van der Waals surface area contributed by atoms with Gasteiger partial charge < -0.3 is 20.1 Å². The number of para-hydroxylation sites is 1. The van der Waals surface area contributed by atoms with Gasteiger partial charge in [-0.05, 0) is 25.6 Å². The van der Waals surface area contributed by atoms with Crippen molar-refractivity contribution in [2.75, 3.05) is 33.3 Å². The third kappa shape index (κ3) is 3.83. The highest BCUT2D eigenvalue weighted by atomic mass is 16.5. The number of aromatic nitrogens is 1. The molecule has 1 saturated heterocycles. The van der Waals surface area contributed by atoms with E-state index in [9.17, 15) is 9.90 Å². The molecule has 2 aromatic rings. The molecule has 1 aromatic heterocycles. The molecule has 0 saturated carbocycles. The molecule has 24 heavy (non-hydrogen) atoms. The number of nitrogens with one attached hydrogen (secondary N) is 1. The molecule has 6 nitrogen and oxygen atoms in total. The lowest BCUT2D eigenvalue weighted by atomic mass is 9.94. The average Bonchev–Trinajstić information content (AvgIpc) is 2.60. The number of piperidine rings is 1. The second-order valence-corrected chi connectivity index (χ2v) is 6.20. The molecular weight excluding hydrogens is 306 g/mol. The SMILES string of the molecule is CN1CC[C@H](O)[C@H](C(=O)NCCOc2cccc3cccnc23)C1. The van der Waals surface area contributed by atoms with Crippen LogP contribution in [0.2, 0.25) is 0 Å². The third-order valence-electron chi connectivity index (χ3n) is 4.37. The summed E-state index contributed by atoms with van der Waals surface area (Å²) in [6.07, 6.45) is 1.80. The van der Waals surface area contributed by atoms with Crippen molar-refractivity contribution in [2.24, 2.45) is 5.92 Å². The van der Waals surface area contributed by atoms with Crippen LogP contribution in [0.15, 0.2) is 36.5 Å². The molecule has 2 N–H and O–H groups in total. The van der Waals surface area contributed by atoms with Gasteiger partial charge in [0.15, 0.2) is 0 Å². The van der Waals surface area contributed by atoms with Gasteiger partial charge in [0, 0.05) is 24.7 Å². The first-order valence-corrected chi connectivity index (χ1v) is 8.26. The van der Waals surface area contributed by atoms with E-state index in [4.69, 9.17) is 4.74 Å². The molecule has 0 unspecified atom stereocenters. The molecule has 6 heteroatoms. The molecule has 1 fully saturated rings. The smallest absolute Gasteiger partial charge is 0.227 e. The Morgan fingerprint density at radius 1 is 1.42 bits per heavy atom. The fourth-order valence-electron chi connectivity index (χ4n) is 3.02. The quantitative estimate of drug-likeness (QED) is 0.802. The van der Waals surface area contributed by atoms with E-state index >= 15 is 0 Å². The number of pyridine rings is 1. The highest BCUT2D eigenvalue weighted by Gasteiger charge is 2.31. The standard InChI is InChI=1S/C18H23N3O3/c1-21-10-7-15(22)14(12-21)18(23)20-9-11-24-16-6-2-4-13-5-3-8-19-17(13)16/h2-6,8,14-15,22H,7,9-12H2,1H3,(H,20,23)/t14-,15+/m1/s1. The predicted molar refractivity (Wildman–Crippen MR) is 91.9 cm³/mol. The van der Waals surface area contributed by atoms with Crippen molar-refractivity contribution in [3.63, 3.8) is 0 Å². The molecule has 2 atom stereocenters. The van der Waals surface area contributed by atoms with E-state index < -0.39 is 6.10 Å². The van der Waals surface area contributed by atoms with Gasteiger partial charge in [0.1, 0.15) is 17.9 Å². The minimum absolute atomic E-state index is 0.117. The summed E-state index contributed by atoms with van der Waals surface area (Å²) >= 11 is 0. The largest absolute Gasteiger partial charge is 0.489 e. The molecule has 0 spiro atoms. The molecule has 2 heterocycles. The van der Waals surface area contributed by atoms with Crippen molar-refractivity contribution in [3.05, 3.63) is 36.5 Å². The fraction of sp³-hybridized carbons (Fsp3) is 0.444. The zero-order chi connectivity index (χ0) is 16.9. The van der Waals surface area contributed by atoms with Gasteiger partial charge in [-0.15, -0.1) is 0 Å². The Bertz CT molecular complexity index is 701. The normalized spacial score (nSPS) is 21.6. The maximum Gasteiger partial charge on any atom is 0.227 e. The van der Waals surface area contributed by atoms with Crippen LogP contribution in [0.5, 0.6) is 5.75 Å². The zero-order valence-electron chi connectivity index (χ0n) is 13.8. The van der Waals surface area contributed by atoms with E-state index in [1.165, 1.54) is 0 Å². The van der Waals surface area contributed by atoms with Crippen molar-refractivity contribution in [3.8, 4) is 5.75 Å². The second-order valence-electron chi connectivity index (χ2n) is 6.20. The number of benzene rings is 1. The highest BCUT2D eigenvalue weighted by molar-refractivity contribution is 5.84. The second kappa shape index (κ2) is 7.59. The lowest BCUT2D eigenvalue weighted by Gasteiger charge is -2.32. The monoisotopic (exact) mass is 329 g/mol. The summed E-state index contributed by atoms with van der Waals surface area (Å²) in [4.78, 5) is 18.6. The lowest BCUT2D eigenvalue weighted by molar-refractivity contribution is -0.131. The summed E-state index contributed by atoms with van der Waals surface area (Å²) in [5, 5.41) is 13.9. The number of hydrogen-bond acceptors (Lipinski definition) is 5. The van der Waals surface area contributed by atoms with Gasteiger partial charge in [0.25, 0.3) is 0 Å². The number of ether oxygens (including phenoxy) is 1.